The summed E-state index contributed by atoms with van der Waals surface area (Å²) in [6.45, 7) is 0. The predicted octanol–water partition coefficient (Wildman–Crippen LogP) is 7.15. The molecule has 170 valence electrons. The zero-order valence-corrected chi connectivity index (χ0v) is 20.8. The van der Waals surface area contributed by atoms with Gasteiger partial charge in [0.2, 0.25) is 5.91 Å². The Labute approximate surface area is 215 Å². The average Bonchev–Trinajstić information content (AvgIpc) is 2.85. The van der Waals surface area contributed by atoms with E-state index in [9.17, 15) is 14.0 Å². The number of benzene rings is 4. The molecule has 1 atom stereocenters. The SMILES string of the molecule is O=C(Nc1cccc(SC(C(=O)Nc2ccc(I)cc2)c2ccccc2)c1)c1ccc(F)cc1. The van der Waals surface area contributed by atoms with Crippen LogP contribution in [0.3, 0.4) is 0 Å². The fourth-order valence-electron chi connectivity index (χ4n) is 3.23. The second-order valence-electron chi connectivity index (χ2n) is 7.39. The highest BCUT2D eigenvalue weighted by Gasteiger charge is 2.22. The third-order valence-electron chi connectivity index (χ3n) is 4.90. The van der Waals surface area contributed by atoms with E-state index in [0.29, 0.717) is 11.3 Å². The van der Waals surface area contributed by atoms with E-state index in [0.717, 1.165) is 19.7 Å². The van der Waals surface area contributed by atoms with E-state index in [1.54, 1.807) is 6.07 Å². The molecule has 4 nitrogen and oxygen atoms in total. The van der Waals surface area contributed by atoms with Gasteiger partial charge in [0.15, 0.2) is 0 Å². The first-order valence-electron chi connectivity index (χ1n) is 10.4. The fourth-order valence-corrected chi connectivity index (χ4v) is 4.67. The van der Waals surface area contributed by atoms with Crippen molar-refractivity contribution < 1.29 is 14.0 Å². The Bertz CT molecular complexity index is 1280. The molecule has 34 heavy (non-hydrogen) atoms. The van der Waals surface area contributed by atoms with Crippen LogP contribution < -0.4 is 10.6 Å². The molecular formula is C27H20FIN2O2S. The Balaban J connectivity index is 1.53. The molecule has 0 aliphatic carbocycles. The van der Waals surface area contributed by atoms with Gasteiger partial charge in [0.1, 0.15) is 11.1 Å². The highest BCUT2D eigenvalue weighted by Crippen LogP contribution is 2.37. The second-order valence-corrected chi connectivity index (χ2v) is 9.82. The highest BCUT2D eigenvalue weighted by atomic mass is 127. The molecule has 4 aromatic rings. The Kier molecular flexibility index (Phi) is 7.97. The van der Waals surface area contributed by atoms with E-state index in [2.05, 4.69) is 33.2 Å². The Morgan fingerprint density at radius 2 is 1.47 bits per heavy atom. The summed E-state index contributed by atoms with van der Waals surface area (Å²) in [5.74, 6) is -0.873. The van der Waals surface area contributed by atoms with Crippen LogP contribution in [-0.2, 0) is 4.79 Å². The van der Waals surface area contributed by atoms with Gasteiger partial charge in [0.05, 0.1) is 0 Å². The van der Waals surface area contributed by atoms with Crippen molar-refractivity contribution in [1.29, 1.82) is 0 Å². The van der Waals surface area contributed by atoms with E-state index in [1.165, 1.54) is 36.0 Å². The zero-order valence-electron chi connectivity index (χ0n) is 17.9. The molecule has 2 amide bonds. The minimum atomic E-state index is -0.497. The molecule has 7 heteroatoms. The third kappa shape index (κ3) is 6.45. The molecule has 2 N–H and O–H groups in total. The molecule has 0 aromatic heterocycles. The number of nitrogens with one attached hydrogen (secondary N) is 2. The average molecular weight is 582 g/mol. The van der Waals surface area contributed by atoms with E-state index >= 15 is 0 Å². The quantitative estimate of drug-likeness (QED) is 0.180. The van der Waals surface area contributed by atoms with Gasteiger partial charge in [-0.05, 0) is 94.9 Å². The number of carbonyl (C=O) groups excluding carboxylic acids is 2. The van der Waals surface area contributed by atoms with Gasteiger partial charge < -0.3 is 10.6 Å². The van der Waals surface area contributed by atoms with Crippen molar-refractivity contribution in [2.75, 3.05) is 10.6 Å². The van der Waals surface area contributed by atoms with Crippen LogP contribution in [0.15, 0.2) is 108 Å². The lowest BCUT2D eigenvalue weighted by Crippen LogP contribution is -2.19. The van der Waals surface area contributed by atoms with Crippen LogP contribution in [-0.4, -0.2) is 11.8 Å². The monoisotopic (exact) mass is 582 g/mol. The molecule has 0 saturated heterocycles. The summed E-state index contributed by atoms with van der Waals surface area (Å²) >= 11 is 3.62. The fraction of sp³-hybridized carbons (Fsp3) is 0.0370. The number of thioether (sulfide) groups is 1. The molecule has 0 fully saturated rings. The molecule has 0 bridgehead atoms. The van der Waals surface area contributed by atoms with Crippen molar-refractivity contribution in [2.24, 2.45) is 0 Å². The van der Waals surface area contributed by atoms with Crippen LogP contribution in [0.25, 0.3) is 0 Å². The summed E-state index contributed by atoms with van der Waals surface area (Å²) in [4.78, 5) is 26.6. The van der Waals surface area contributed by atoms with E-state index in [4.69, 9.17) is 0 Å². The topological polar surface area (TPSA) is 58.2 Å². The summed E-state index contributed by atoms with van der Waals surface area (Å²) in [6.07, 6.45) is 0. The smallest absolute Gasteiger partial charge is 0.255 e. The lowest BCUT2D eigenvalue weighted by atomic mass is 10.1. The minimum absolute atomic E-state index is 0.141. The number of hydrogen-bond donors (Lipinski definition) is 2. The van der Waals surface area contributed by atoms with Crippen molar-refractivity contribution in [2.45, 2.75) is 10.1 Å². The maximum Gasteiger partial charge on any atom is 0.255 e. The normalized spacial score (nSPS) is 11.5. The Morgan fingerprint density at radius 1 is 0.765 bits per heavy atom. The summed E-state index contributed by atoms with van der Waals surface area (Å²) < 4.78 is 14.2. The van der Waals surface area contributed by atoms with Gasteiger partial charge in [-0.2, -0.15) is 0 Å². The van der Waals surface area contributed by atoms with Gasteiger partial charge >= 0.3 is 0 Å². The summed E-state index contributed by atoms with van der Waals surface area (Å²) in [5, 5.41) is 5.33. The lowest BCUT2D eigenvalue weighted by molar-refractivity contribution is -0.115. The standard InChI is InChI=1S/C27H20FIN2O2S/c28-20-11-9-19(10-12-20)26(32)31-23-7-4-8-24(17-23)34-25(18-5-2-1-3-6-18)27(33)30-22-15-13-21(29)14-16-22/h1-17,25H,(H,30,33)(H,31,32). The number of halogens is 2. The number of carbonyl (C=O) groups is 2. The first-order valence-corrected chi connectivity index (χ1v) is 12.4. The molecule has 4 aromatic carbocycles. The van der Waals surface area contributed by atoms with Crippen LogP contribution >= 0.6 is 34.4 Å². The van der Waals surface area contributed by atoms with Crippen LogP contribution in [0, 0.1) is 9.39 Å². The maximum atomic E-state index is 13.2. The van der Waals surface area contributed by atoms with Crippen LogP contribution in [0.5, 0.6) is 0 Å². The summed E-state index contributed by atoms with van der Waals surface area (Å²) in [7, 11) is 0. The molecule has 0 saturated carbocycles. The number of rotatable bonds is 7. The molecule has 0 aliphatic heterocycles. The number of amides is 2. The highest BCUT2D eigenvalue weighted by molar-refractivity contribution is 14.1. The third-order valence-corrected chi connectivity index (χ3v) is 6.87. The van der Waals surface area contributed by atoms with Crippen LogP contribution in [0.2, 0.25) is 0 Å². The van der Waals surface area contributed by atoms with Crippen molar-refractivity contribution in [3.05, 3.63) is 124 Å². The van der Waals surface area contributed by atoms with E-state index in [-0.39, 0.29) is 11.8 Å². The Morgan fingerprint density at radius 3 is 2.18 bits per heavy atom. The van der Waals surface area contributed by atoms with Crippen molar-refractivity contribution in [3.63, 3.8) is 0 Å². The van der Waals surface area contributed by atoms with E-state index < -0.39 is 11.1 Å². The van der Waals surface area contributed by atoms with Crippen molar-refractivity contribution >= 4 is 57.5 Å². The van der Waals surface area contributed by atoms with Crippen molar-refractivity contribution in [1.82, 2.24) is 0 Å². The second kappa shape index (κ2) is 11.3. The molecule has 0 spiro atoms. The van der Waals surface area contributed by atoms with Gasteiger partial charge in [0, 0.05) is 25.4 Å². The van der Waals surface area contributed by atoms with Crippen molar-refractivity contribution in [3.8, 4) is 0 Å². The Hall–Kier alpha value is -3.17. The van der Waals surface area contributed by atoms with Gasteiger partial charge in [-0.15, -0.1) is 11.8 Å². The molecule has 0 radical (unpaired) electrons. The van der Waals surface area contributed by atoms with Gasteiger partial charge in [0.25, 0.3) is 5.91 Å². The van der Waals surface area contributed by atoms with Gasteiger partial charge in [-0.25, -0.2) is 4.39 Å². The first-order chi connectivity index (χ1) is 16.5. The van der Waals surface area contributed by atoms with Crippen LogP contribution in [0.1, 0.15) is 21.2 Å². The zero-order chi connectivity index (χ0) is 23.9. The van der Waals surface area contributed by atoms with Gasteiger partial charge in [-0.3, -0.25) is 9.59 Å². The first kappa shape index (κ1) is 24.0. The molecule has 0 heterocycles. The largest absolute Gasteiger partial charge is 0.325 e. The molecule has 4 rings (SSSR count). The molecular weight excluding hydrogens is 562 g/mol. The molecule has 1 unspecified atom stereocenters. The van der Waals surface area contributed by atoms with Crippen LogP contribution in [0.4, 0.5) is 15.8 Å². The predicted molar refractivity (Wildman–Crippen MR) is 144 cm³/mol. The maximum absolute atomic E-state index is 13.2. The summed E-state index contributed by atoms with van der Waals surface area (Å²) in [5.41, 5.74) is 2.55. The summed E-state index contributed by atoms with van der Waals surface area (Å²) in [6, 6.07) is 29.9. The van der Waals surface area contributed by atoms with E-state index in [1.807, 2.05) is 72.8 Å². The molecule has 0 aliphatic rings. The number of anilines is 2. The lowest BCUT2D eigenvalue weighted by Gasteiger charge is -2.18. The number of hydrogen-bond acceptors (Lipinski definition) is 3. The van der Waals surface area contributed by atoms with Gasteiger partial charge in [-0.1, -0.05) is 36.4 Å². The minimum Gasteiger partial charge on any atom is -0.325 e.